The Morgan fingerprint density at radius 1 is 1.44 bits per heavy atom. The fourth-order valence-electron chi connectivity index (χ4n) is 1.75. The molecule has 2 unspecified atom stereocenters. The van der Waals surface area contributed by atoms with Gasteiger partial charge in [0.05, 0.1) is 11.3 Å². The van der Waals surface area contributed by atoms with Crippen LogP contribution in [-0.4, -0.2) is 26.5 Å². The summed E-state index contributed by atoms with van der Waals surface area (Å²) in [4.78, 5) is 0. The first kappa shape index (κ1) is 15.6. The highest BCUT2D eigenvalue weighted by molar-refractivity contribution is 9.10. The summed E-state index contributed by atoms with van der Waals surface area (Å²) < 4.78 is 37.8. The van der Waals surface area contributed by atoms with E-state index in [1.165, 1.54) is 6.07 Å². The van der Waals surface area contributed by atoms with Crippen molar-refractivity contribution >= 4 is 25.8 Å². The summed E-state index contributed by atoms with van der Waals surface area (Å²) in [5, 5.41) is 2.34. The molecule has 0 fully saturated rings. The van der Waals surface area contributed by atoms with Crippen molar-refractivity contribution in [2.24, 2.45) is 0 Å². The largest absolute Gasteiger partial charge is 0.309 e. The van der Waals surface area contributed by atoms with Crippen LogP contribution < -0.4 is 5.32 Å². The van der Waals surface area contributed by atoms with Gasteiger partial charge in [-0.25, -0.2) is 12.8 Å². The number of sulfone groups is 1. The molecule has 0 aliphatic heterocycles. The van der Waals surface area contributed by atoms with E-state index in [0.29, 0.717) is 12.1 Å². The van der Waals surface area contributed by atoms with Crippen LogP contribution in [0, 0.1) is 5.82 Å². The van der Waals surface area contributed by atoms with Gasteiger partial charge in [-0.1, -0.05) is 22.9 Å². The third-order valence-electron chi connectivity index (χ3n) is 2.86. The van der Waals surface area contributed by atoms with Crippen molar-refractivity contribution < 1.29 is 12.8 Å². The van der Waals surface area contributed by atoms with Crippen molar-refractivity contribution in [3.8, 4) is 0 Å². The molecular weight excluding hydrogens is 321 g/mol. The standard InChI is InChI=1S/C12H17BrFNO2S/c1-4-15-12(8(2)18(3,16)17)10-7-9(13)5-6-11(10)14/h5-8,12,15H,4H2,1-3H3. The van der Waals surface area contributed by atoms with Gasteiger partial charge in [0.25, 0.3) is 0 Å². The minimum Gasteiger partial charge on any atom is -0.309 e. The van der Waals surface area contributed by atoms with E-state index in [1.807, 2.05) is 6.92 Å². The maximum absolute atomic E-state index is 13.8. The first-order valence-electron chi connectivity index (χ1n) is 5.64. The van der Waals surface area contributed by atoms with Gasteiger partial charge in [0, 0.05) is 16.3 Å². The third-order valence-corrected chi connectivity index (χ3v) is 4.98. The Bertz CT molecular complexity index is 519. The molecule has 102 valence electrons. The minimum atomic E-state index is -3.25. The molecule has 0 aliphatic rings. The Hall–Kier alpha value is -0.460. The van der Waals surface area contributed by atoms with Crippen molar-refractivity contribution in [1.82, 2.24) is 5.32 Å². The summed E-state index contributed by atoms with van der Waals surface area (Å²) in [7, 11) is -3.25. The topological polar surface area (TPSA) is 46.2 Å². The molecule has 0 spiro atoms. The lowest BCUT2D eigenvalue weighted by atomic mass is 10.0. The van der Waals surface area contributed by atoms with Crippen LogP contribution >= 0.6 is 15.9 Å². The number of halogens is 2. The Kier molecular flexibility index (Phi) is 5.31. The predicted octanol–water partition coefficient (Wildman–Crippen LogP) is 2.67. The van der Waals surface area contributed by atoms with Crippen molar-refractivity contribution in [3.05, 3.63) is 34.1 Å². The lowest BCUT2D eigenvalue weighted by Crippen LogP contribution is -2.35. The molecule has 0 aliphatic carbocycles. The van der Waals surface area contributed by atoms with Gasteiger partial charge in [-0.2, -0.15) is 0 Å². The van der Waals surface area contributed by atoms with Crippen LogP contribution in [0.2, 0.25) is 0 Å². The second-order valence-corrected chi connectivity index (χ2v) is 7.55. The number of hydrogen-bond donors (Lipinski definition) is 1. The second-order valence-electron chi connectivity index (χ2n) is 4.24. The molecule has 0 bridgehead atoms. The molecule has 2 atom stereocenters. The van der Waals surface area contributed by atoms with Crippen LogP contribution in [0.15, 0.2) is 22.7 Å². The van der Waals surface area contributed by atoms with Gasteiger partial charge in [0.1, 0.15) is 5.82 Å². The fraction of sp³-hybridized carbons (Fsp3) is 0.500. The molecule has 0 saturated carbocycles. The van der Waals surface area contributed by atoms with E-state index in [0.717, 1.165) is 10.7 Å². The minimum absolute atomic E-state index is 0.365. The molecule has 1 rings (SSSR count). The zero-order chi connectivity index (χ0) is 13.9. The van der Waals surface area contributed by atoms with Gasteiger partial charge in [-0.15, -0.1) is 0 Å². The van der Waals surface area contributed by atoms with Crippen LogP contribution in [0.4, 0.5) is 4.39 Å². The average Bonchev–Trinajstić information content (AvgIpc) is 2.27. The fourth-order valence-corrected chi connectivity index (χ4v) is 2.86. The van der Waals surface area contributed by atoms with Crippen molar-refractivity contribution in [3.63, 3.8) is 0 Å². The SMILES string of the molecule is CCNC(c1cc(Br)ccc1F)C(C)S(C)(=O)=O. The lowest BCUT2D eigenvalue weighted by Gasteiger charge is -2.24. The van der Waals surface area contributed by atoms with Gasteiger partial charge in [-0.05, 0) is 31.7 Å². The van der Waals surface area contributed by atoms with Crippen molar-refractivity contribution in [2.45, 2.75) is 25.1 Å². The molecule has 0 amide bonds. The lowest BCUT2D eigenvalue weighted by molar-refractivity contribution is 0.488. The Labute approximate surface area is 116 Å². The molecule has 0 saturated heterocycles. The first-order valence-corrected chi connectivity index (χ1v) is 8.39. The van der Waals surface area contributed by atoms with E-state index in [1.54, 1.807) is 19.1 Å². The summed E-state index contributed by atoms with van der Waals surface area (Å²) >= 11 is 3.27. The third kappa shape index (κ3) is 3.76. The zero-order valence-electron chi connectivity index (χ0n) is 10.6. The second kappa shape index (κ2) is 6.12. The molecule has 3 nitrogen and oxygen atoms in total. The first-order chi connectivity index (χ1) is 8.27. The van der Waals surface area contributed by atoms with Gasteiger partial charge < -0.3 is 5.32 Å². The van der Waals surface area contributed by atoms with Gasteiger partial charge in [0.2, 0.25) is 0 Å². The quantitative estimate of drug-likeness (QED) is 0.898. The normalized spacial score (nSPS) is 15.4. The highest BCUT2D eigenvalue weighted by Crippen LogP contribution is 2.26. The predicted molar refractivity (Wildman–Crippen MR) is 74.8 cm³/mol. The van der Waals surface area contributed by atoms with Crippen molar-refractivity contribution in [2.75, 3.05) is 12.8 Å². The number of nitrogens with one attached hydrogen (secondary N) is 1. The number of rotatable bonds is 5. The molecule has 0 radical (unpaired) electrons. The maximum Gasteiger partial charge on any atom is 0.151 e. The van der Waals surface area contributed by atoms with E-state index < -0.39 is 26.9 Å². The van der Waals surface area contributed by atoms with Gasteiger partial charge in [0.15, 0.2) is 9.84 Å². The average molecular weight is 338 g/mol. The molecule has 0 heterocycles. The number of benzene rings is 1. The van der Waals surface area contributed by atoms with Crippen LogP contribution in [-0.2, 0) is 9.84 Å². The molecule has 0 aromatic heterocycles. The van der Waals surface area contributed by atoms with Gasteiger partial charge in [-0.3, -0.25) is 0 Å². The summed E-state index contributed by atoms with van der Waals surface area (Å²) in [6.45, 7) is 4.01. The zero-order valence-corrected chi connectivity index (χ0v) is 13.0. The Morgan fingerprint density at radius 2 is 2.06 bits per heavy atom. The monoisotopic (exact) mass is 337 g/mol. The summed E-state index contributed by atoms with van der Waals surface area (Å²) in [5.74, 6) is -0.403. The van der Waals surface area contributed by atoms with E-state index >= 15 is 0 Å². The molecule has 1 N–H and O–H groups in total. The Balaban J connectivity index is 3.23. The highest BCUT2D eigenvalue weighted by Gasteiger charge is 2.28. The van der Waals surface area contributed by atoms with Crippen LogP contribution in [0.3, 0.4) is 0 Å². The summed E-state index contributed by atoms with van der Waals surface area (Å²) in [6.07, 6.45) is 1.16. The molecule has 18 heavy (non-hydrogen) atoms. The van der Waals surface area contributed by atoms with E-state index in [-0.39, 0.29) is 0 Å². The van der Waals surface area contributed by atoms with E-state index in [2.05, 4.69) is 21.2 Å². The van der Waals surface area contributed by atoms with Crippen molar-refractivity contribution in [1.29, 1.82) is 0 Å². The smallest absolute Gasteiger partial charge is 0.151 e. The van der Waals surface area contributed by atoms with E-state index in [4.69, 9.17) is 0 Å². The highest BCUT2D eigenvalue weighted by atomic mass is 79.9. The van der Waals surface area contributed by atoms with E-state index in [9.17, 15) is 12.8 Å². The molecule has 1 aromatic carbocycles. The molecule has 1 aromatic rings. The van der Waals surface area contributed by atoms with Gasteiger partial charge >= 0.3 is 0 Å². The summed E-state index contributed by atoms with van der Waals surface area (Å²) in [6, 6.07) is 3.98. The van der Waals surface area contributed by atoms with Crippen LogP contribution in [0.1, 0.15) is 25.5 Å². The Morgan fingerprint density at radius 3 is 2.56 bits per heavy atom. The maximum atomic E-state index is 13.8. The van der Waals surface area contributed by atoms with Crippen LogP contribution in [0.25, 0.3) is 0 Å². The molecular formula is C12H17BrFNO2S. The van der Waals surface area contributed by atoms with Crippen LogP contribution in [0.5, 0.6) is 0 Å². The number of hydrogen-bond acceptors (Lipinski definition) is 3. The molecule has 6 heteroatoms. The summed E-state index contributed by atoms with van der Waals surface area (Å²) in [5.41, 5.74) is 0.365.